The van der Waals surface area contributed by atoms with Crippen LogP contribution in [-0.4, -0.2) is 24.0 Å². The molecule has 1 nitrogen and oxygen atoms in total. The zero-order chi connectivity index (χ0) is 13.4. The van der Waals surface area contributed by atoms with Crippen LogP contribution in [0, 0.1) is 17.8 Å². The Labute approximate surface area is 123 Å². The van der Waals surface area contributed by atoms with E-state index in [9.17, 15) is 0 Å². The summed E-state index contributed by atoms with van der Waals surface area (Å²) in [5.41, 5.74) is 1.53. The topological polar surface area (TPSA) is 3.24 Å². The second-order valence-electron chi connectivity index (χ2n) is 7.33. The van der Waals surface area contributed by atoms with Crippen molar-refractivity contribution in [1.82, 2.24) is 4.90 Å². The average molecular weight is 269 g/mol. The molecule has 0 atom stereocenters. The molecule has 108 valence electrons. The van der Waals surface area contributed by atoms with Crippen molar-refractivity contribution < 1.29 is 0 Å². The van der Waals surface area contributed by atoms with Crippen molar-refractivity contribution in [1.29, 1.82) is 0 Å². The summed E-state index contributed by atoms with van der Waals surface area (Å²) in [6.45, 7) is 2.74. The summed E-state index contributed by atoms with van der Waals surface area (Å²) in [5.74, 6) is 3.05. The highest BCUT2D eigenvalue weighted by Crippen LogP contribution is 2.47. The van der Waals surface area contributed by atoms with Gasteiger partial charge in [-0.15, -0.1) is 0 Å². The van der Waals surface area contributed by atoms with Gasteiger partial charge in [-0.3, -0.25) is 4.90 Å². The highest BCUT2D eigenvalue weighted by molar-refractivity contribution is 5.15. The first-order chi connectivity index (χ1) is 9.90. The van der Waals surface area contributed by atoms with Crippen LogP contribution >= 0.6 is 0 Å². The Morgan fingerprint density at radius 3 is 2.00 bits per heavy atom. The Hall–Kier alpha value is -0.820. The molecule has 1 aromatic rings. The van der Waals surface area contributed by atoms with Gasteiger partial charge in [-0.05, 0) is 81.4 Å². The first-order valence-corrected chi connectivity index (χ1v) is 8.68. The molecule has 20 heavy (non-hydrogen) atoms. The maximum Gasteiger partial charge on any atom is 0.0152 e. The molecule has 0 N–H and O–H groups in total. The normalized spacial score (nSPS) is 34.7. The number of benzene rings is 1. The molecular formula is C19H27N. The van der Waals surface area contributed by atoms with Gasteiger partial charge in [-0.1, -0.05) is 30.3 Å². The summed E-state index contributed by atoms with van der Waals surface area (Å²) in [5, 5.41) is 0. The van der Waals surface area contributed by atoms with Crippen LogP contribution < -0.4 is 0 Å². The predicted molar refractivity (Wildman–Crippen MR) is 83.7 cm³/mol. The van der Waals surface area contributed by atoms with E-state index in [1.807, 2.05) is 0 Å². The molecule has 2 saturated carbocycles. The van der Waals surface area contributed by atoms with Gasteiger partial charge >= 0.3 is 0 Å². The fourth-order valence-corrected chi connectivity index (χ4v) is 5.21. The Morgan fingerprint density at radius 1 is 0.800 bits per heavy atom. The number of fused-ring (bicyclic) bond motifs is 2. The lowest BCUT2D eigenvalue weighted by Crippen LogP contribution is -2.44. The van der Waals surface area contributed by atoms with Gasteiger partial charge in [-0.2, -0.15) is 0 Å². The maximum absolute atomic E-state index is 2.87. The minimum absolute atomic E-state index is 0.924. The number of rotatable bonds is 3. The quantitative estimate of drug-likeness (QED) is 0.797. The fraction of sp³-hybridized carbons (Fsp3) is 0.684. The molecule has 3 fully saturated rings. The van der Waals surface area contributed by atoms with Crippen LogP contribution in [0.2, 0.25) is 0 Å². The second kappa shape index (κ2) is 5.52. The molecule has 0 amide bonds. The Morgan fingerprint density at radius 2 is 1.40 bits per heavy atom. The first kappa shape index (κ1) is 12.9. The standard InChI is InChI=1S/C19H27N/c1-2-4-15(5-3-1)14-16-10-12-20(13-11-16)19-17-6-7-18(19)9-8-17/h1-5,16-19H,6-14H2. The number of piperidine rings is 1. The van der Waals surface area contributed by atoms with Gasteiger partial charge < -0.3 is 0 Å². The van der Waals surface area contributed by atoms with Crippen LogP contribution in [0.1, 0.15) is 44.1 Å². The molecule has 2 bridgehead atoms. The third-order valence-corrected chi connectivity index (χ3v) is 6.22. The van der Waals surface area contributed by atoms with Gasteiger partial charge in [0.05, 0.1) is 0 Å². The molecule has 0 aromatic heterocycles. The Balaban J connectivity index is 1.32. The summed E-state index contributed by atoms with van der Waals surface area (Å²) < 4.78 is 0. The fourth-order valence-electron chi connectivity index (χ4n) is 5.21. The largest absolute Gasteiger partial charge is 0.300 e. The molecule has 0 spiro atoms. The molecule has 3 aliphatic rings. The van der Waals surface area contributed by atoms with Gasteiger partial charge in [0.25, 0.3) is 0 Å². The van der Waals surface area contributed by atoms with Crippen LogP contribution in [0.25, 0.3) is 0 Å². The molecule has 1 saturated heterocycles. The third-order valence-electron chi connectivity index (χ3n) is 6.22. The van der Waals surface area contributed by atoms with E-state index in [0.29, 0.717) is 0 Å². The van der Waals surface area contributed by atoms with E-state index in [4.69, 9.17) is 0 Å². The molecule has 1 aliphatic heterocycles. The zero-order valence-electron chi connectivity index (χ0n) is 12.5. The molecule has 0 radical (unpaired) electrons. The number of likely N-dealkylation sites (tertiary alicyclic amines) is 1. The van der Waals surface area contributed by atoms with E-state index in [0.717, 1.165) is 23.8 Å². The van der Waals surface area contributed by atoms with E-state index >= 15 is 0 Å². The highest BCUT2D eigenvalue weighted by atomic mass is 15.2. The Bertz CT molecular complexity index is 412. The molecule has 2 aliphatic carbocycles. The van der Waals surface area contributed by atoms with Crippen LogP contribution in [-0.2, 0) is 6.42 Å². The van der Waals surface area contributed by atoms with E-state index < -0.39 is 0 Å². The van der Waals surface area contributed by atoms with Crippen LogP contribution in [0.15, 0.2) is 30.3 Å². The monoisotopic (exact) mass is 269 g/mol. The van der Waals surface area contributed by atoms with Crippen molar-refractivity contribution in [2.45, 2.75) is 51.0 Å². The molecule has 1 heterocycles. The summed E-state index contributed by atoms with van der Waals surface area (Å²) in [6.07, 6.45) is 10.2. The van der Waals surface area contributed by atoms with Crippen molar-refractivity contribution in [2.75, 3.05) is 13.1 Å². The van der Waals surface area contributed by atoms with Crippen molar-refractivity contribution in [3.05, 3.63) is 35.9 Å². The van der Waals surface area contributed by atoms with Gasteiger partial charge in [0.1, 0.15) is 0 Å². The van der Waals surface area contributed by atoms with Crippen molar-refractivity contribution in [3.63, 3.8) is 0 Å². The van der Waals surface area contributed by atoms with Gasteiger partial charge in [0.2, 0.25) is 0 Å². The van der Waals surface area contributed by atoms with Gasteiger partial charge in [0.15, 0.2) is 0 Å². The van der Waals surface area contributed by atoms with Gasteiger partial charge in [-0.25, -0.2) is 0 Å². The van der Waals surface area contributed by atoms with E-state index in [-0.39, 0.29) is 0 Å². The maximum atomic E-state index is 2.87. The lowest BCUT2D eigenvalue weighted by Gasteiger charge is -2.38. The Kier molecular flexibility index (Phi) is 3.56. The predicted octanol–water partition coefficient (Wildman–Crippen LogP) is 4.13. The minimum Gasteiger partial charge on any atom is -0.300 e. The van der Waals surface area contributed by atoms with E-state index in [1.165, 1.54) is 63.6 Å². The second-order valence-corrected chi connectivity index (χ2v) is 7.33. The lowest BCUT2D eigenvalue weighted by atomic mass is 9.88. The number of hydrogen-bond acceptors (Lipinski definition) is 1. The SMILES string of the molecule is c1ccc(CC2CCN(C3C4CCC3CC4)CC2)cc1. The minimum atomic E-state index is 0.924. The summed E-state index contributed by atoms with van der Waals surface area (Å²) >= 11 is 0. The van der Waals surface area contributed by atoms with Crippen LogP contribution in [0.3, 0.4) is 0 Å². The molecule has 0 unspecified atom stereocenters. The number of nitrogens with zero attached hydrogens (tertiary/aromatic N) is 1. The van der Waals surface area contributed by atoms with Gasteiger partial charge in [0, 0.05) is 6.04 Å². The van der Waals surface area contributed by atoms with Crippen LogP contribution in [0.5, 0.6) is 0 Å². The summed E-state index contributed by atoms with van der Waals surface area (Å²) in [4.78, 5) is 2.87. The third kappa shape index (κ3) is 2.41. The van der Waals surface area contributed by atoms with Crippen LogP contribution in [0.4, 0.5) is 0 Å². The van der Waals surface area contributed by atoms with Crippen molar-refractivity contribution in [2.24, 2.45) is 17.8 Å². The average Bonchev–Trinajstić information content (AvgIpc) is 3.09. The molecule has 1 aromatic carbocycles. The van der Waals surface area contributed by atoms with Crippen molar-refractivity contribution >= 4 is 0 Å². The molecule has 4 rings (SSSR count). The zero-order valence-corrected chi connectivity index (χ0v) is 12.5. The van der Waals surface area contributed by atoms with E-state index in [1.54, 1.807) is 0 Å². The summed E-state index contributed by atoms with van der Waals surface area (Å²) in [6, 6.07) is 12.1. The molecular weight excluding hydrogens is 242 g/mol. The summed E-state index contributed by atoms with van der Waals surface area (Å²) in [7, 11) is 0. The highest BCUT2D eigenvalue weighted by Gasteiger charge is 2.44. The first-order valence-electron chi connectivity index (χ1n) is 8.68. The van der Waals surface area contributed by atoms with E-state index in [2.05, 4.69) is 35.2 Å². The molecule has 1 heteroatoms. The lowest BCUT2D eigenvalue weighted by molar-refractivity contribution is 0.105. The smallest absolute Gasteiger partial charge is 0.0152 e. The number of hydrogen-bond donors (Lipinski definition) is 0. The van der Waals surface area contributed by atoms with Crippen molar-refractivity contribution in [3.8, 4) is 0 Å².